The van der Waals surface area contributed by atoms with Gasteiger partial charge in [-0.05, 0) is 35.9 Å². The van der Waals surface area contributed by atoms with Gasteiger partial charge in [0, 0.05) is 22.5 Å². The maximum absolute atomic E-state index is 13.8. The zero-order chi connectivity index (χ0) is 15.0. The average Bonchev–Trinajstić information content (AvgIpc) is 2.47. The minimum absolute atomic E-state index is 0.138. The minimum atomic E-state index is -0.395. The van der Waals surface area contributed by atoms with E-state index in [0.717, 1.165) is 21.3 Å². The third kappa shape index (κ3) is 2.76. The Bertz CT molecular complexity index is 677. The number of fused-ring (bicyclic) bond motifs is 1. The van der Waals surface area contributed by atoms with Gasteiger partial charge in [0.25, 0.3) is 0 Å². The van der Waals surface area contributed by atoms with Crippen molar-refractivity contribution >= 4 is 15.9 Å². The summed E-state index contributed by atoms with van der Waals surface area (Å²) in [5.41, 5.74) is 7.95. The minimum Gasteiger partial charge on any atom is -0.494 e. The van der Waals surface area contributed by atoms with Crippen LogP contribution in [0.25, 0.3) is 0 Å². The van der Waals surface area contributed by atoms with E-state index in [4.69, 9.17) is 15.2 Å². The Labute approximate surface area is 131 Å². The zero-order valence-corrected chi connectivity index (χ0v) is 13.1. The highest BCUT2D eigenvalue weighted by Crippen LogP contribution is 2.41. The summed E-state index contributed by atoms with van der Waals surface area (Å²) in [5.74, 6) is 0.579. The average molecular weight is 352 g/mol. The molecule has 0 spiro atoms. The lowest BCUT2D eigenvalue weighted by Gasteiger charge is -2.30. The van der Waals surface area contributed by atoms with E-state index in [1.165, 1.54) is 13.2 Å². The van der Waals surface area contributed by atoms with Crippen LogP contribution in [0, 0.1) is 5.82 Å². The van der Waals surface area contributed by atoms with Crippen LogP contribution in [0.15, 0.2) is 40.9 Å². The third-order valence-electron chi connectivity index (χ3n) is 3.66. The first-order valence-electron chi connectivity index (χ1n) is 6.63. The molecule has 2 aromatic rings. The number of halogens is 2. The summed E-state index contributed by atoms with van der Waals surface area (Å²) in [6.07, 6.45) is 0.351. The second kappa shape index (κ2) is 5.66. The predicted molar refractivity (Wildman–Crippen MR) is 82.0 cm³/mol. The molecular formula is C16H15BrFNO2. The number of nitrogens with two attached hydrogens (primary N) is 1. The molecule has 0 amide bonds. The summed E-state index contributed by atoms with van der Waals surface area (Å²) in [7, 11) is 1.44. The molecule has 0 aromatic heterocycles. The van der Waals surface area contributed by atoms with Crippen molar-refractivity contribution in [3.63, 3.8) is 0 Å². The van der Waals surface area contributed by atoms with Crippen LogP contribution in [-0.4, -0.2) is 7.11 Å². The fourth-order valence-corrected chi connectivity index (χ4v) is 2.94. The van der Waals surface area contributed by atoms with Gasteiger partial charge in [-0.3, -0.25) is 0 Å². The lowest BCUT2D eigenvalue weighted by molar-refractivity contribution is 0.161. The van der Waals surface area contributed by atoms with E-state index < -0.39 is 5.82 Å². The summed E-state index contributed by atoms with van der Waals surface area (Å²) in [4.78, 5) is 0. The molecule has 21 heavy (non-hydrogen) atoms. The monoisotopic (exact) mass is 351 g/mol. The van der Waals surface area contributed by atoms with Crippen LogP contribution in [0.1, 0.15) is 29.7 Å². The normalized spacial score (nSPS) is 20.6. The van der Waals surface area contributed by atoms with Crippen LogP contribution >= 0.6 is 15.9 Å². The molecule has 3 rings (SSSR count). The van der Waals surface area contributed by atoms with Crippen molar-refractivity contribution in [3.8, 4) is 11.5 Å². The third-order valence-corrected chi connectivity index (χ3v) is 4.15. The van der Waals surface area contributed by atoms with Gasteiger partial charge in [-0.2, -0.15) is 0 Å². The number of methoxy groups -OCH3 is 1. The van der Waals surface area contributed by atoms with Crippen LogP contribution in [0.3, 0.4) is 0 Å². The van der Waals surface area contributed by atoms with Crippen molar-refractivity contribution in [2.45, 2.75) is 18.6 Å². The molecule has 3 nitrogen and oxygen atoms in total. The van der Waals surface area contributed by atoms with Crippen molar-refractivity contribution in [3.05, 3.63) is 57.8 Å². The molecule has 0 saturated heterocycles. The first-order chi connectivity index (χ1) is 10.1. The molecule has 5 heteroatoms. The number of rotatable bonds is 2. The molecule has 2 atom stereocenters. The molecule has 0 fully saturated rings. The van der Waals surface area contributed by atoms with Gasteiger partial charge in [-0.25, -0.2) is 4.39 Å². The summed E-state index contributed by atoms with van der Waals surface area (Å²) in [6.45, 7) is 0. The van der Waals surface area contributed by atoms with E-state index in [0.29, 0.717) is 6.42 Å². The number of hydrogen-bond acceptors (Lipinski definition) is 3. The summed E-state index contributed by atoms with van der Waals surface area (Å²) >= 11 is 3.43. The Morgan fingerprint density at radius 2 is 2.10 bits per heavy atom. The van der Waals surface area contributed by atoms with Crippen molar-refractivity contribution < 1.29 is 13.9 Å². The van der Waals surface area contributed by atoms with Crippen LogP contribution < -0.4 is 15.2 Å². The standard InChI is InChI=1S/C16H15BrFNO2/c1-20-15-4-2-9(6-12(15)18)16-8-13(19)11-7-10(17)3-5-14(11)21-16/h2-7,13,16H,8,19H2,1H3/t13-,16?/m0/s1. The molecule has 1 unspecified atom stereocenters. The highest BCUT2D eigenvalue weighted by atomic mass is 79.9. The SMILES string of the molecule is COc1ccc(C2C[C@H](N)c3cc(Br)ccc3O2)cc1F. The van der Waals surface area contributed by atoms with Crippen molar-refractivity contribution in [1.29, 1.82) is 0 Å². The van der Waals surface area contributed by atoms with Crippen LogP contribution in [-0.2, 0) is 0 Å². The Morgan fingerprint density at radius 3 is 2.81 bits per heavy atom. The highest BCUT2D eigenvalue weighted by Gasteiger charge is 2.27. The van der Waals surface area contributed by atoms with Crippen LogP contribution in [0.4, 0.5) is 4.39 Å². The smallest absolute Gasteiger partial charge is 0.165 e. The van der Waals surface area contributed by atoms with E-state index in [1.807, 2.05) is 24.3 Å². The molecule has 110 valence electrons. The first kappa shape index (κ1) is 14.4. The van der Waals surface area contributed by atoms with Gasteiger partial charge in [0.1, 0.15) is 11.9 Å². The first-order valence-corrected chi connectivity index (χ1v) is 7.43. The predicted octanol–water partition coefficient (Wildman–Crippen LogP) is 4.12. The lowest BCUT2D eigenvalue weighted by Crippen LogP contribution is -2.24. The fraction of sp³-hybridized carbons (Fsp3) is 0.250. The number of hydrogen-bond donors (Lipinski definition) is 1. The summed E-state index contributed by atoms with van der Waals surface area (Å²) in [6, 6.07) is 10.5. The Hall–Kier alpha value is -1.59. The van der Waals surface area contributed by atoms with E-state index >= 15 is 0 Å². The molecular weight excluding hydrogens is 337 g/mol. The molecule has 0 saturated carbocycles. The molecule has 0 aliphatic carbocycles. The molecule has 0 radical (unpaired) electrons. The van der Waals surface area contributed by atoms with Gasteiger partial charge in [0.2, 0.25) is 0 Å². The Kier molecular flexibility index (Phi) is 3.87. The van der Waals surface area contributed by atoms with Crippen LogP contribution in [0.5, 0.6) is 11.5 Å². The second-order valence-corrected chi connectivity index (χ2v) is 5.94. The molecule has 1 aliphatic heterocycles. The van der Waals surface area contributed by atoms with Crippen molar-refractivity contribution in [2.24, 2.45) is 5.73 Å². The fourth-order valence-electron chi connectivity index (χ4n) is 2.56. The molecule has 1 aliphatic rings. The zero-order valence-electron chi connectivity index (χ0n) is 11.5. The van der Waals surface area contributed by atoms with Gasteiger partial charge < -0.3 is 15.2 Å². The summed E-state index contributed by atoms with van der Waals surface area (Å²) in [5, 5.41) is 0. The van der Waals surface area contributed by atoms with Gasteiger partial charge in [-0.1, -0.05) is 22.0 Å². The maximum atomic E-state index is 13.8. The van der Waals surface area contributed by atoms with Gasteiger partial charge in [-0.15, -0.1) is 0 Å². The Morgan fingerprint density at radius 1 is 1.29 bits per heavy atom. The maximum Gasteiger partial charge on any atom is 0.165 e. The van der Waals surface area contributed by atoms with Gasteiger partial charge in [0.05, 0.1) is 7.11 Å². The van der Waals surface area contributed by atoms with E-state index in [9.17, 15) is 4.39 Å². The second-order valence-electron chi connectivity index (χ2n) is 5.02. The highest BCUT2D eigenvalue weighted by molar-refractivity contribution is 9.10. The van der Waals surface area contributed by atoms with E-state index in [-0.39, 0.29) is 17.9 Å². The molecule has 1 heterocycles. The quantitative estimate of drug-likeness (QED) is 0.884. The van der Waals surface area contributed by atoms with Gasteiger partial charge >= 0.3 is 0 Å². The number of ether oxygens (including phenoxy) is 2. The van der Waals surface area contributed by atoms with E-state index in [2.05, 4.69) is 15.9 Å². The van der Waals surface area contributed by atoms with Gasteiger partial charge in [0.15, 0.2) is 11.6 Å². The summed E-state index contributed by atoms with van der Waals surface area (Å²) < 4.78 is 25.7. The lowest BCUT2D eigenvalue weighted by atomic mass is 9.93. The van der Waals surface area contributed by atoms with Crippen molar-refractivity contribution in [1.82, 2.24) is 0 Å². The van der Waals surface area contributed by atoms with E-state index in [1.54, 1.807) is 6.07 Å². The van der Waals surface area contributed by atoms with Crippen molar-refractivity contribution in [2.75, 3.05) is 7.11 Å². The largest absolute Gasteiger partial charge is 0.494 e. The molecule has 2 N–H and O–H groups in total. The topological polar surface area (TPSA) is 44.5 Å². The van der Waals surface area contributed by atoms with Crippen LogP contribution in [0.2, 0.25) is 0 Å². The molecule has 0 bridgehead atoms. The molecule has 2 aromatic carbocycles. The Balaban J connectivity index is 1.92. The number of benzene rings is 2.